The van der Waals surface area contributed by atoms with Crippen molar-refractivity contribution in [2.24, 2.45) is 5.92 Å². The molecule has 192 valence electrons. The van der Waals surface area contributed by atoms with E-state index in [4.69, 9.17) is 21.1 Å². The Hall–Kier alpha value is -3.13. The number of amides is 2. The number of carbonyl (C=O) groups is 3. The van der Waals surface area contributed by atoms with Gasteiger partial charge in [0.05, 0.1) is 18.1 Å². The molecule has 0 bridgehead atoms. The Morgan fingerprint density at radius 2 is 1.61 bits per heavy atom. The first-order valence-electron chi connectivity index (χ1n) is 12.6. The number of nitrogens with one attached hydrogen (secondary N) is 2. The predicted molar refractivity (Wildman–Crippen MR) is 135 cm³/mol. The third-order valence-electron chi connectivity index (χ3n) is 6.56. The Bertz CT molecular complexity index is 1080. The quantitative estimate of drug-likeness (QED) is 0.363. The normalized spacial score (nSPS) is 19.3. The summed E-state index contributed by atoms with van der Waals surface area (Å²) in [7, 11) is 0. The lowest BCUT2D eigenvalue weighted by molar-refractivity contribution is -0.149. The zero-order valence-electron chi connectivity index (χ0n) is 20.4. The molecule has 2 aliphatic carbocycles. The lowest BCUT2D eigenvalue weighted by Gasteiger charge is -2.27. The summed E-state index contributed by atoms with van der Waals surface area (Å²) in [6, 6.07) is 8.73. The first kappa shape index (κ1) is 25.9. The SMILES string of the molecule is CCOC(=O)[C@H]1CC[C@@H](Oc2ccc(C(=O)NCCNC(=O)c3ccc(C4CC4)c(Cl)c3)cn2)CC1. The number of esters is 1. The molecule has 36 heavy (non-hydrogen) atoms. The Balaban J connectivity index is 1.16. The third-order valence-corrected chi connectivity index (χ3v) is 6.88. The van der Waals surface area contributed by atoms with Gasteiger partial charge in [0.15, 0.2) is 0 Å². The summed E-state index contributed by atoms with van der Waals surface area (Å²) >= 11 is 6.30. The number of hydrogen-bond donors (Lipinski definition) is 2. The highest BCUT2D eigenvalue weighted by Crippen LogP contribution is 2.43. The van der Waals surface area contributed by atoms with Crippen LogP contribution in [0.3, 0.4) is 0 Å². The summed E-state index contributed by atoms with van der Waals surface area (Å²) in [5.41, 5.74) is 2.01. The molecule has 2 N–H and O–H groups in total. The number of benzene rings is 1. The van der Waals surface area contributed by atoms with Gasteiger partial charge in [-0.1, -0.05) is 17.7 Å². The molecule has 1 aromatic carbocycles. The van der Waals surface area contributed by atoms with E-state index in [1.165, 1.54) is 6.20 Å². The van der Waals surface area contributed by atoms with Crippen LogP contribution in [0, 0.1) is 5.92 Å². The smallest absolute Gasteiger partial charge is 0.308 e. The fourth-order valence-corrected chi connectivity index (χ4v) is 4.72. The van der Waals surface area contributed by atoms with Crippen LogP contribution in [-0.4, -0.2) is 48.6 Å². The van der Waals surface area contributed by atoms with Crippen LogP contribution in [0.5, 0.6) is 5.88 Å². The summed E-state index contributed by atoms with van der Waals surface area (Å²) in [4.78, 5) is 40.9. The van der Waals surface area contributed by atoms with Crippen LogP contribution in [0.4, 0.5) is 0 Å². The first-order chi connectivity index (χ1) is 17.4. The molecular weight excluding hydrogens is 482 g/mol. The molecule has 1 aromatic heterocycles. The van der Waals surface area contributed by atoms with E-state index in [2.05, 4.69) is 15.6 Å². The topological polar surface area (TPSA) is 107 Å². The van der Waals surface area contributed by atoms with E-state index < -0.39 is 0 Å². The molecular formula is C27H32ClN3O5. The number of hydrogen-bond acceptors (Lipinski definition) is 6. The highest BCUT2D eigenvalue weighted by Gasteiger charge is 2.28. The largest absolute Gasteiger partial charge is 0.474 e. The third kappa shape index (κ3) is 6.97. The average molecular weight is 514 g/mol. The standard InChI is InChI=1S/C27H32ClN3O5/c1-2-35-27(34)18-5-9-21(10-6-18)36-24-12-8-20(16-31-24)26(33)30-14-13-29-25(32)19-7-11-22(17-3-4-17)23(28)15-19/h7-8,11-12,15-18,21H,2-6,9-10,13-14H2,1H3,(H,29,32)(H,30,33)/t18-,21+. The van der Waals surface area contributed by atoms with Gasteiger partial charge in [-0.3, -0.25) is 14.4 Å². The molecule has 1 heterocycles. The van der Waals surface area contributed by atoms with E-state index in [-0.39, 0.29) is 42.9 Å². The van der Waals surface area contributed by atoms with E-state index in [9.17, 15) is 14.4 Å². The number of aromatic nitrogens is 1. The molecule has 0 spiro atoms. The highest BCUT2D eigenvalue weighted by atomic mass is 35.5. The lowest BCUT2D eigenvalue weighted by Crippen LogP contribution is -2.34. The van der Waals surface area contributed by atoms with Gasteiger partial charge in [-0.25, -0.2) is 4.98 Å². The van der Waals surface area contributed by atoms with Gasteiger partial charge >= 0.3 is 5.97 Å². The van der Waals surface area contributed by atoms with Crippen LogP contribution >= 0.6 is 11.6 Å². The molecule has 2 amide bonds. The second kappa shape index (κ2) is 12.2. The molecule has 2 aliphatic rings. The fourth-order valence-electron chi connectivity index (χ4n) is 4.38. The van der Waals surface area contributed by atoms with Gasteiger partial charge in [0, 0.05) is 35.9 Å². The number of carbonyl (C=O) groups excluding carboxylic acids is 3. The van der Waals surface area contributed by atoms with Crippen molar-refractivity contribution in [3.63, 3.8) is 0 Å². The minimum Gasteiger partial charge on any atom is -0.474 e. The molecule has 9 heteroatoms. The minimum absolute atomic E-state index is 0.00810. The van der Waals surface area contributed by atoms with Crippen molar-refractivity contribution in [2.75, 3.05) is 19.7 Å². The number of halogens is 1. The van der Waals surface area contributed by atoms with Crippen LogP contribution in [0.25, 0.3) is 0 Å². The fraction of sp³-hybridized carbons (Fsp3) is 0.481. The summed E-state index contributed by atoms with van der Waals surface area (Å²) in [5.74, 6) is 0.278. The maximum Gasteiger partial charge on any atom is 0.308 e. The molecule has 2 fully saturated rings. The van der Waals surface area contributed by atoms with E-state index >= 15 is 0 Å². The van der Waals surface area contributed by atoms with Gasteiger partial charge in [-0.05, 0) is 75.1 Å². The van der Waals surface area contributed by atoms with Crippen molar-refractivity contribution in [3.05, 3.63) is 58.2 Å². The maximum absolute atomic E-state index is 12.4. The van der Waals surface area contributed by atoms with Crippen molar-refractivity contribution >= 4 is 29.4 Å². The molecule has 8 nitrogen and oxygen atoms in total. The molecule has 2 saturated carbocycles. The second-order valence-corrected chi connectivity index (χ2v) is 9.66. The van der Waals surface area contributed by atoms with Gasteiger partial charge in [0.2, 0.25) is 5.88 Å². The Morgan fingerprint density at radius 1 is 0.944 bits per heavy atom. The zero-order valence-corrected chi connectivity index (χ0v) is 21.2. The molecule has 0 radical (unpaired) electrons. The van der Waals surface area contributed by atoms with E-state index in [1.807, 2.05) is 13.0 Å². The maximum atomic E-state index is 12.4. The molecule has 0 aliphatic heterocycles. The minimum atomic E-state index is -0.282. The van der Waals surface area contributed by atoms with Crippen molar-refractivity contribution in [1.29, 1.82) is 0 Å². The molecule has 0 saturated heterocycles. The number of nitrogens with zero attached hydrogens (tertiary/aromatic N) is 1. The average Bonchev–Trinajstić information content (AvgIpc) is 3.73. The van der Waals surface area contributed by atoms with Gasteiger partial charge in [0.25, 0.3) is 11.8 Å². The van der Waals surface area contributed by atoms with E-state index in [1.54, 1.807) is 24.3 Å². The van der Waals surface area contributed by atoms with Gasteiger partial charge in [0.1, 0.15) is 6.10 Å². The number of ether oxygens (including phenoxy) is 2. The van der Waals surface area contributed by atoms with Crippen molar-refractivity contribution in [2.45, 2.75) is 57.5 Å². The van der Waals surface area contributed by atoms with E-state index in [0.717, 1.165) is 44.1 Å². The second-order valence-electron chi connectivity index (χ2n) is 9.25. The molecule has 2 aromatic rings. The summed E-state index contributed by atoms with van der Waals surface area (Å²) in [6.07, 6.45) is 6.75. The monoisotopic (exact) mass is 513 g/mol. The van der Waals surface area contributed by atoms with Crippen molar-refractivity contribution in [3.8, 4) is 5.88 Å². The Labute approximate surface area is 216 Å². The Kier molecular flexibility index (Phi) is 8.80. The highest BCUT2D eigenvalue weighted by molar-refractivity contribution is 6.31. The molecule has 0 unspecified atom stereocenters. The number of rotatable bonds is 10. The van der Waals surface area contributed by atoms with E-state index in [0.29, 0.717) is 34.6 Å². The lowest BCUT2D eigenvalue weighted by atomic mass is 9.87. The van der Waals surface area contributed by atoms with Crippen LogP contribution < -0.4 is 15.4 Å². The van der Waals surface area contributed by atoms with Crippen LogP contribution in [-0.2, 0) is 9.53 Å². The summed E-state index contributed by atoms with van der Waals surface area (Å²) < 4.78 is 11.0. The molecule has 4 rings (SSSR count). The van der Waals surface area contributed by atoms with Gasteiger partial charge < -0.3 is 20.1 Å². The van der Waals surface area contributed by atoms with Crippen LogP contribution in [0.1, 0.15) is 77.6 Å². The first-order valence-corrected chi connectivity index (χ1v) is 13.0. The summed E-state index contributed by atoms with van der Waals surface area (Å²) in [6.45, 7) is 2.78. The van der Waals surface area contributed by atoms with Crippen molar-refractivity contribution < 1.29 is 23.9 Å². The zero-order chi connectivity index (χ0) is 25.5. The van der Waals surface area contributed by atoms with Crippen LogP contribution in [0.2, 0.25) is 5.02 Å². The van der Waals surface area contributed by atoms with Gasteiger partial charge in [-0.15, -0.1) is 0 Å². The molecule has 0 atom stereocenters. The van der Waals surface area contributed by atoms with Crippen molar-refractivity contribution in [1.82, 2.24) is 15.6 Å². The predicted octanol–water partition coefficient (Wildman–Crippen LogP) is 4.27. The van der Waals surface area contributed by atoms with Crippen LogP contribution in [0.15, 0.2) is 36.5 Å². The Morgan fingerprint density at radius 3 is 2.19 bits per heavy atom. The number of pyridine rings is 1. The summed E-state index contributed by atoms with van der Waals surface area (Å²) in [5, 5.41) is 6.19. The van der Waals surface area contributed by atoms with Gasteiger partial charge in [-0.2, -0.15) is 0 Å².